The van der Waals surface area contributed by atoms with Crippen molar-refractivity contribution in [3.8, 4) is 0 Å². The maximum atomic E-state index is 3.76. The molecule has 0 saturated carbocycles. The van der Waals surface area contributed by atoms with Crippen LogP contribution in [-0.4, -0.2) is 6.21 Å². The predicted octanol–water partition coefficient (Wildman–Crippen LogP) is 2.03. The number of hydrogen-bond donors (Lipinski definition) is 0. The first kappa shape index (κ1) is 6.50. The van der Waals surface area contributed by atoms with E-state index in [1.807, 2.05) is 0 Å². The molecule has 0 spiro atoms. The van der Waals surface area contributed by atoms with Crippen molar-refractivity contribution in [3.63, 3.8) is 0 Å². The Labute approximate surface area is 48.0 Å². The van der Waals surface area contributed by atoms with Crippen molar-refractivity contribution in [1.82, 2.24) is 0 Å². The molecule has 0 aromatic rings. The Morgan fingerprint density at radius 2 is 2.14 bits per heavy atom. The quantitative estimate of drug-likeness (QED) is 0.403. The molecule has 0 fully saturated rings. The molecular weight excluding hydrogens is 106 g/mol. The van der Waals surface area contributed by atoms with E-state index < -0.39 is 0 Å². The van der Waals surface area contributed by atoms with Crippen LogP contribution in [0, 0.1) is 0 Å². The standard InChI is InChI=1S/C5H7NS/c1-3-5-6-7-4-2/h3-5H,1-2H2. The summed E-state index contributed by atoms with van der Waals surface area (Å²) in [6.45, 7) is 6.88. The topological polar surface area (TPSA) is 12.4 Å². The van der Waals surface area contributed by atoms with E-state index in [9.17, 15) is 0 Å². The van der Waals surface area contributed by atoms with Gasteiger partial charge in [-0.25, -0.2) is 4.40 Å². The van der Waals surface area contributed by atoms with Gasteiger partial charge in [-0.05, 0) is 5.41 Å². The molecule has 0 rings (SSSR count). The lowest BCUT2D eigenvalue weighted by Gasteiger charge is -1.71. The fraction of sp³-hybridized carbons (Fsp3) is 0. The highest BCUT2D eigenvalue weighted by Crippen LogP contribution is 1.98. The van der Waals surface area contributed by atoms with Crippen molar-refractivity contribution in [1.29, 1.82) is 0 Å². The van der Waals surface area contributed by atoms with Crippen molar-refractivity contribution < 1.29 is 0 Å². The Bertz CT molecular complexity index is 86.1. The zero-order chi connectivity index (χ0) is 5.54. The summed E-state index contributed by atoms with van der Waals surface area (Å²) >= 11 is 1.29. The average molecular weight is 113 g/mol. The van der Waals surface area contributed by atoms with Crippen molar-refractivity contribution in [2.75, 3.05) is 0 Å². The zero-order valence-electron chi connectivity index (χ0n) is 4.00. The van der Waals surface area contributed by atoms with E-state index in [-0.39, 0.29) is 0 Å². The van der Waals surface area contributed by atoms with Gasteiger partial charge < -0.3 is 0 Å². The largest absolute Gasteiger partial charge is 0.220 e. The third kappa shape index (κ3) is 5.50. The molecule has 0 radical (unpaired) electrons. The molecule has 0 unspecified atom stereocenters. The van der Waals surface area contributed by atoms with E-state index >= 15 is 0 Å². The van der Waals surface area contributed by atoms with Gasteiger partial charge in [0.05, 0.1) is 0 Å². The summed E-state index contributed by atoms with van der Waals surface area (Å²) in [5, 5.41) is 1.65. The molecule has 0 aliphatic rings. The van der Waals surface area contributed by atoms with Crippen LogP contribution in [0.2, 0.25) is 0 Å². The summed E-state index contributed by atoms with van der Waals surface area (Å²) in [4.78, 5) is 0. The average Bonchev–Trinajstić information content (AvgIpc) is 1.69. The summed E-state index contributed by atoms with van der Waals surface area (Å²) in [6.07, 6.45) is 3.24. The Hall–Kier alpha value is -0.500. The summed E-state index contributed by atoms with van der Waals surface area (Å²) in [5.74, 6) is 0. The highest BCUT2D eigenvalue weighted by atomic mass is 32.2. The van der Waals surface area contributed by atoms with E-state index in [2.05, 4.69) is 17.6 Å². The van der Waals surface area contributed by atoms with Crippen molar-refractivity contribution >= 4 is 18.2 Å². The predicted molar refractivity (Wildman–Crippen MR) is 36.5 cm³/mol. The minimum absolute atomic E-state index is 1.29. The van der Waals surface area contributed by atoms with Gasteiger partial charge in [-0.3, -0.25) is 0 Å². The lowest BCUT2D eigenvalue weighted by Crippen LogP contribution is -1.51. The maximum absolute atomic E-state index is 3.76. The van der Waals surface area contributed by atoms with E-state index in [0.717, 1.165) is 0 Å². The summed E-state index contributed by atoms with van der Waals surface area (Å²) < 4.78 is 3.76. The van der Waals surface area contributed by atoms with Crippen molar-refractivity contribution in [2.24, 2.45) is 4.40 Å². The van der Waals surface area contributed by atoms with Gasteiger partial charge in [0.25, 0.3) is 0 Å². The lowest BCUT2D eigenvalue weighted by molar-refractivity contribution is 1.99. The first-order valence-electron chi connectivity index (χ1n) is 1.83. The van der Waals surface area contributed by atoms with Gasteiger partial charge in [-0.2, -0.15) is 0 Å². The van der Waals surface area contributed by atoms with Crippen molar-refractivity contribution in [3.05, 3.63) is 24.6 Å². The van der Waals surface area contributed by atoms with Gasteiger partial charge in [-0.1, -0.05) is 19.2 Å². The molecule has 2 heteroatoms. The molecule has 0 aromatic heterocycles. The third-order valence-electron chi connectivity index (χ3n) is 0.302. The number of hydrogen-bond acceptors (Lipinski definition) is 2. The van der Waals surface area contributed by atoms with Crippen LogP contribution < -0.4 is 0 Å². The van der Waals surface area contributed by atoms with Gasteiger partial charge in [-0.15, -0.1) is 0 Å². The van der Waals surface area contributed by atoms with Gasteiger partial charge in [0.15, 0.2) is 0 Å². The van der Waals surface area contributed by atoms with E-state index in [0.29, 0.717) is 0 Å². The van der Waals surface area contributed by atoms with E-state index in [1.54, 1.807) is 17.7 Å². The smallest absolute Gasteiger partial charge is 0.0349 e. The van der Waals surface area contributed by atoms with Crippen LogP contribution in [-0.2, 0) is 0 Å². The maximum Gasteiger partial charge on any atom is 0.0349 e. The van der Waals surface area contributed by atoms with Gasteiger partial charge in [0.1, 0.15) is 0 Å². The molecule has 0 aliphatic heterocycles. The Kier molecular flexibility index (Phi) is 5.11. The Morgan fingerprint density at radius 3 is 2.57 bits per heavy atom. The van der Waals surface area contributed by atoms with E-state index in [1.165, 1.54) is 11.9 Å². The first-order chi connectivity index (χ1) is 3.41. The molecule has 0 atom stereocenters. The highest BCUT2D eigenvalue weighted by molar-refractivity contribution is 8.00. The Morgan fingerprint density at radius 1 is 1.43 bits per heavy atom. The molecule has 0 aromatic carbocycles. The lowest BCUT2D eigenvalue weighted by atomic mass is 10.7. The summed E-state index contributed by atoms with van der Waals surface area (Å²) in [5.41, 5.74) is 0. The fourth-order valence-corrected chi connectivity index (χ4v) is 0.364. The zero-order valence-corrected chi connectivity index (χ0v) is 4.82. The minimum Gasteiger partial charge on any atom is -0.220 e. The second kappa shape index (κ2) is 5.50. The SMILES string of the molecule is C=CC=NSC=C. The van der Waals surface area contributed by atoms with Crippen LogP contribution in [0.1, 0.15) is 0 Å². The monoisotopic (exact) mass is 113 g/mol. The molecule has 0 heterocycles. The van der Waals surface area contributed by atoms with E-state index in [4.69, 9.17) is 0 Å². The highest BCUT2D eigenvalue weighted by Gasteiger charge is 1.60. The van der Waals surface area contributed by atoms with Crippen LogP contribution in [0.15, 0.2) is 29.0 Å². The molecule has 0 aliphatic carbocycles. The molecule has 0 saturated heterocycles. The number of rotatable bonds is 3. The van der Waals surface area contributed by atoms with Crippen molar-refractivity contribution in [2.45, 2.75) is 0 Å². The summed E-state index contributed by atoms with van der Waals surface area (Å²) in [6, 6.07) is 0. The Balaban J connectivity index is 3.08. The van der Waals surface area contributed by atoms with Crippen LogP contribution in [0.3, 0.4) is 0 Å². The third-order valence-corrected chi connectivity index (χ3v) is 0.694. The minimum atomic E-state index is 1.29. The molecular formula is C5H7NS. The normalized spacial score (nSPS) is 9.14. The number of nitrogens with zero attached hydrogens (tertiary/aromatic N) is 1. The molecule has 1 nitrogen and oxygen atoms in total. The second-order valence-electron chi connectivity index (χ2n) is 0.762. The molecule has 0 N–H and O–H groups in total. The van der Waals surface area contributed by atoms with Gasteiger partial charge in [0, 0.05) is 18.2 Å². The second-order valence-corrected chi connectivity index (χ2v) is 1.52. The van der Waals surface area contributed by atoms with Gasteiger partial charge >= 0.3 is 0 Å². The van der Waals surface area contributed by atoms with Crippen LogP contribution in [0.4, 0.5) is 0 Å². The van der Waals surface area contributed by atoms with Crippen LogP contribution in [0.25, 0.3) is 0 Å². The molecule has 0 bridgehead atoms. The molecule has 38 valence electrons. The summed E-state index contributed by atoms with van der Waals surface area (Å²) in [7, 11) is 0. The molecule has 0 amide bonds. The fourth-order valence-electron chi connectivity index (χ4n) is 0.121. The number of allylic oxidation sites excluding steroid dienone is 1. The van der Waals surface area contributed by atoms with Crippen LogP contribution >= 0.6 is 11.9 Å². The van der Waals surface area contributed by atoms with Gasteiger partial charge in [0.2, 0.25) is 0 Å². The van der Waals surface area contributed by atoms with Crippen LogP contribution in [0.5, 0.6) is 0 Å². The molecule has 7 heavy (non-hydrogen) atoms. The first-order valence-corrected chi connectivity index (χ1v) is 2.66.